The van der Waals surface area contributed by atoms with Gasteiger partial charge in [-0.1, -0.05) is 6.92 Å². The molecule has 1 saturated carbocycles. The Morgan fingerprint density at radius 1 is 1.47 bits per heavy atom. The second-order valence-corrected chi connectivity index (χ2v) is 4.45. The van der Waals surface area contributed by atoms with E-state index in [4.69, 9.17) is 0 Å². The average Bonchev–Trinajstić information content (AvgIpc) is 3.03. The molecule has 1 aromatic rings. The van der Waals surface area contributed by atoms with Crippen LogP contribution in [-0.2, 0) is 0 Å². The molecule has 0 aromatic heterocycles. The molecule has 1 unspecified atom stereocenters. The Hall–Kier alpha value is -1.18. The fourth-order valence-electron chi connectivity index (χ4n) is 1.87. The highest BCUT2D eigenvalue weighted by Crippen LogP contribution is 2.38. The summed E-state index contributed by atoms with van der Waals surface area (Å²) in [5.74, 6) is 0.559. The van der Waals surface area contributed by atoms with E-state index in [2.05, 4.69) is 0 Å². The van der Waals surface area contributed by atoms with Gasteiger partial charge >= 0.3 is 0 Å². The van der Waals surface area contributed by atoms with Gasteiger partial charge in [0, 0.05) is 11.5 Å². The van der Waals surface area contributed by atoms with Crippen LogP contribution in [-0.4, -0.2) is 5.78 Å². The molecule has 15 heavy (non-hydrogen) atoms. The summed E-state index contributed by atoms with van der Waals surface area (Å²) < 4.78 is 13.0. The number of carbonyl (C=O) groups excluding carboxylic acids is 1. The molecule has 1 aliphatic rings. The Kier molecular flexibility index (Phi) is 2.59. The number of hydrogen-bond acceptors (Lipinski definition) is 1. The summed E-state index contributed by atoms with van der Waals surface area (Å²) in [6.07, 6.45) is 2.32. The molecule has 80 valence electrons. The first-order valence-electron chi connectivity index (χ1n) is 5.40. The number of hydrogen-bond donors (Lipinski definition) is 0. The van der Waals surface area contributed by atoms with Gasteiger partial charge in [-0.25, -0.2) is 4.39 Å². The first-order chi connectivity index (χ1) is 7.09. The average molecular weight is 206 g/mol. The van der Waals surface area contributed by atoms with Crippen molar-refractivity contribution < 1.29 is 9.18 Å². The van der Waals surface area contributed by atoms with Gasteiger partial charge < -0.3 is 0 Å². The maximum Gasteiger partial charge on any atom is 0.165 e. The van der Waals surface area contributed by atoms with Crippen LogP contribution in [0.1, 0.15) is 35.7 Å². The molecule has 1 fully saturated rings. The van der Waals surface area contributed by atoms with Crippen molar-refractivity contribution in [3.63, 3.8) is 0 Å². The van der Waals surface area contributed by atoms with Crippen LogP contribution in [0, 0.1) is 24.6 Å². The van der Waals surface area contributed by atoms with Crippen molar-refractivity contribution in [3.8, 4) is 0 Å². The highest BCUT2D eigenvalue weighted by molar-refractivity contribution is 5.98. The third kappa shape index (κ3) is 2.09. The molecule has 2 heteroatoms. The molecule has 0 N–H and O–H groups in total. The van der Waals surface area contributed by atoms with Crippen LogP contribution in [0.3, 0.4) is 0 Å². The first kappa shape index (κ1) is 10.3. The molecule has 0 aliphatic heterocycles. The van der Waals surface area contributed by atoms with Crippen LogP contribution in [0.15, 0.2) is 18.2 Å². The fraction of sp³-hybridized carbons (Fsp3) is 0.462. The lowest BCUT2D eigenvalue weighted by Crippen LogP contribution is -2.13. The minimum atomic E-state index is -0.245. The van der Waals surface area contributed by atoms with Gasteiger partial charge in [0.25, 0.3) is 0 Å². The lowest BCUT2D eigenvalue weighted by Gasteiger charge is -2.09. The summed E-state index contributed by atoms with van der Waals surface area (Å²) in [4.78, 5) is 12.0. The van der Waals surface area contributed by atoms with Crippen LogP contribution in [0.2, 0.25) is 0 Å². The van der Waals surface area contributed by atoms with Gasteiger partial charge in [0.1, 0.15) is 5.82 Å². The lowest BCUT2D eigenvalue weighted by atomic mass is 9.94. The van der Waals surface area contributed by atoms with Gasteiger partial charge in [0.05, 0.1) is 0 Å². The zero-order valence-corrected chi connectivity index (χ0v) is 9.09. The molecule has 2 rings (SSSR count). The molecular weight excluding hydrogens is 191 g/mol. The first-order valence-corrected chi connectivity index (χ1v) is 5.40. The van der Waals surface area contributed by atoms with Crippen molar-refractivity contribution in [1.29, 1.82) is 0 Å². The van der Waals surface area contributed by atoms with E-state index >= 15 is 0 Å². The summed E-state index contributed by atoms with van der Waals surface area (Å²) in [6, 6.07) is 4.61. The van der Waals surface area contributed by atoms with E-state index in [0.29, 0.717) is 17.0 Å². The normalized spacial score (nSPS) is 17.5. The number of halogens is 1. The summed E-state index contributed by atoms with van der Waals surface area (Å²) in [7, 11) is 0. The molecule has 1 aliphatic carbocycles. The molecular formula is C13H15FO. The summed E-state index contributed by atoms with van der Waals surface area (Å²) >= 11 is 0. The summed E-state index contributed by atoms with van der Waals surface area (Å²) in [5.41, 5.74) is 1.19. The lowest BCUT2D eigenvalue weighted by molar-refractivity contribution is 0.0916. The Bertz CT molecular complexity index is 394. The third-order valence-electron chi connectivity index (χ3n) is 3.19. The van der Waals surface area contributed by atoms with E-state index in [1.54, 1.807) is 19.1 Å². The number of benzene rings is 1. The van der Waals surface area contributed by atoms with Crippen molar-refractivity contribution in [2.45, 2.75) is 26.7 Å². The van der Waals surface area contributed by atoms with E-state index in [-0.39, 0.29) is 17.5 Å². The van der Waals surface area contributed by atoms with Crippen molar-refractivity contribution in [2.24, 2.45) is 11.8 Å². The molecule has 0 spiro atoms. The van der Waals surface area contributed by atoms with E-state index in [1.807, 2.05) is 6.92 Å². The van der Waals surface area contributed by atoms with E-state index in [0.717, 1.165) is 12.8 Å². The number of rotatable bonds is 3. The molecule has 1 nitrogen and oxygen atoms in total. The zero-order chi connectivity index (χ0) is 11.0. The van der Waals surface area contributed by atoms with Gasteiger partial charge in [-0.3, -0.25) is 4.79 Å². The van der Waals surface area contributed by atoms with E-state index < -0.39 is 0 Å². The molecule has 0 amide bonds. The zero-order valence-electron chi connectivity index (χ0n) is 9.09. The largest absolute Gasteiger partial charge is 0.294 e. The molecule has 0 saturated heterocycles. The SMILES string of the molecule is Cc1cc(C(=O)C(C)C2CC2)ccc1F. The standard InChI is InChI=1S/C13H15FO/c1-8-7-11(5-6-12(8)14)13(15)9(2)10-3-4-10/h5-7,9-10H,3-4H2,1-2H3. The monoisotopic (exact) mass is 206 g/mol. The van der Waals surface area contributed by atoms with Crippen LogP contribution in [0.5, 0.6) is 0 Å². The molecule has 1 atom stereocenters. The summed E-state index contributed by atoms with van der Waals surface area (Å²) in [5, 5.41) is 0. The quantitative estimate of drug-likeness (QED) is 0.693. The Morgan fingerprint density at radius 2 is 2.13 bits per heavy atom. The van der Waals surface area contributed by atoms with Gasteiger partial charge in [-0.05, 0) is 49.4 Å². The molecule has 1 aromatic carbocycles. The van der Waals surface area contributed by atoms with Crippen molar-refractivity contribution in [3.05, 3.63) is 35.1 Å². The van der Waals surface area contributed by atoms with Crippen molar-refractivity contribution in [1.82, 2.24) is 0 Å². The van der Waals surface area contributed by atoms with Crippen molar-refractivity contribution >= 4 is 5.78 Å². The summed E-state index contributed by atoms with van der Waals surface area (Å²) in [6.45, 7) is 3.66. The maximum absolute atomic E-state index is 13.0. The van der Waals surface area contributed by atoms with Crippen molar-refractivity contribution in [2.75, 3.05) is 0 Å². The predicted molar refractivity (Wildman–Crippen MR) is 57.4 cm³/mol. The van der Waals surface area contributed by atoms with Gasteiger partial charge in [-0.15, -0.1) is 0 Å². The third-order valence-corrected chi connectivity index (χ3v) is 3.19. The Balaban J connectivity index is 2.21. The molecule has 0 heterocycles. The van der Waals surface area contributed by atoms with Crippen LogP contribution >= 0.6 is 0 Å². The van der Waals surface area contributed by atoms with Crippen LogP contribution in [0.4, 0.5) is 4.39 Å². The smallest absolute Gasteiger partial charge is 0.165 e. The number of ketones is 1. The van der Waals surface area contributed by atoms with Gasteiger partial charge in [0.2, 0.25) is 0 Å². The molecule has 0 bridgehead atoms. The number of carbonyl (C=O) groups is 1. The van der Waals surface area contributed by atoms with Gasteiger partial charge in [0.15, 0.2) is 5.78 Å². The minimum Gasteiger partial charge on any atom is -0.294 e. The second-order valence-electron chi connectivity index (χ2n) is 4.45. The maximum atomic E-state index is 13.0. The van der Waals surface area contributed by atoms with E-state index in [9.17, 15) is 9.18 Å². The fourth-order valence-corrected chi connectivity index (χ4v) is 1.87. The molecule has 0 radical (unpaired) electrons. The Labute approximate surface area is 89.3 Å². The van der Waals surface area contributed by atoms with E-state index in [1.165, 1.54) is 6.07 Å². The topological polar surface area (TPSA) is 17.1 Å². The predicted octanol–water partition coefficient (Wildman–Crippen LogP) is 3.36. The Morgan fingerprint density at radius 3 is 2.67 bits per heavy atom. The number of aryl methyl sites for hydroxylation is 1. The minimum absolute atomic E-state index is 0.0925. The number of Topliss-reactive ketones (excluding diaryl/α,β-unsaturated/α-hetero) is 1. The van der Waals surface area contributed by atoms with Gasteiger partial charge in [-0.2, -0.15) is 0 Å². The second kappa shape index (κ2) is 3.76. The highest BCUT2D eigenvalue weighted by atomic mass is 19.1. The van der Waals surface area contributed by atoms with Crippen LogP contribution < -0.4 is 0 Å². The van der Waals surface area contributed by atoms with Crippen LogP contribution in [0.25, 0.3) is 0 Å². The highest BCUT2D eigenvalue weighted by Gasteiger charge is 2.32.